The van der Waals surface area contributed by atoms with Gasteiger partial charge in [-0.3, -0.25) is 4.90 Å². The van der Waals surface area contributed by atoms with Crippen molar-refractivity contribution in [2.45, 2.75) is 5.25 Å². The number of hydrogen-bond donors (Lipinski definition) is 0. The van der Waals surface area contributed by atoms with E-state index in [-0.39, 0.29) is 5.25 Å². The molecule has 2 nitrogen and oxygen atoms in total. The molecule has 0 aromatic heterocycles. The number of aldehydes is 1. The molecule has 1 unspecified atom stereocenters. The minimum absolute atomic E-state index is 0.236. The van der Waals surface area contributed by atoms with Gasteiger partial charge in [-0.05, 0) is 7.05 Å². The molecule has 1 rings (SSSR count). The second kappa shape index (κ2) is 2.51. The normalized spacial score (nSPS) is 30.9. The van der Waals surface area contributed by atoms with Crippen LogP contribution in [0.4, 0.5) is 0 Å². The van der Waals surface area contributed by atoms with Crippen LogP contribution in [0.3, 0.4) is 0 Å². The lowest BCUT2D eigenvalue weighted by Crippen LogP contribution is -2.16. The Labute approximate surface area is 53.2 Å². The summed E-state index contributed by atoms with van der Waals surface area (Å²) in [5.74, 6) is 1.00. The third-order valence-electron chi connectivity index (χ3n) is 1.15. The Morgan fingerprint density at radius 3 is 2.88 bits per heavy atom. The maximum atomic E-state index is 10.1. The highest BCUT2D eigenvalue weighted by Crippen LogP contribution is 2.18. The van der Waals surface area contributed by atoms with Crippen molar-refractivity contribution in [3.63, 3.8) is 0 Å². The molecule has 3 heteroatoms. The maximum absolute atomic E-state index is 10.1. The zero-order valence-corrected chi connectivity index (χ0v) is 5.65. The second-order valence-electron chi connectivity index (χ2n) is 2.01. The van der Waals surface area contributed by atoms with Crippen LogP contribution in [0.2, 0.25) is 0 Å². The summed E-state index contributed by atoms with van der Waals surface area (Å²) in [6.07, 6.45) is 1.02. The molecule has 0 amide bonds. The average molecular weight is 131 g/mol. The van der Waals surface area contributed by atoms with Crippen molar-refractivity contribution in [3.05, 3.63) is 0 Å². The van der Waals surface area contributed by atoms with E-state index in [2.05, 4.69) is 4.90 Å². The van der Waals surface area contributed by atoms with Crippen molar-refractivity contribution < 1.29 is 4.79 Å². The zero-order chi connectivity index (χ0) is 5.98. The van der Waals surface area contributed by atoms with Gasteiger partial charge in [0.05, 0.1) is 5.25 Å². The van der Waals surface area contributed by atoms with Gasteiger partial charge in [0.2, 0.25) is 0 Å². The van der Waals surface area contributed by atoms with E-state index in [4.69, 9.17) is 0 Å². The van der Waals surface area contributed by atoms with Crippen LogP contribution in [0.5, 0.6) is 0 Å². The van der Waals surface area contributed by atoms with Gasteiger partial charge in [-0.1, -0.05) is 0 Å². The fourth-order valence-corrected chi connectivity index (χ4v) is 1.71. The van der Waals surface area contributed by atoms with Crippen LogP contribution in [0.1, 0.15) is 0 Å². The molecule has 1 fully saturated rings. The van der Waals surface area contributed by atoms with Gasteiger partial charge in [-0.25, -0.2) is 0 Å². The molecule has 0 saturated carbocycles. The predicted octanol–water partition coefficient (Wildman–Crippen LogP) is 0.190. The number of hydrogen-bond acceptors (Lipinski definition) is 3. The van der Waals surface area contributed by atoms with Crippen LogP contribution < -0.4 is 0 Å². The average Bonchev–Trinajstić information content (AvgIpc) is 2.14. The van der Waals surface area contributed by atoms with E-state index in [1.165, 1.54) is 0 Å². The van der Waals surface area contributed by atoms with Gasteiger partial charge >= 0.3 is 0 Å². The summed E-state index contributed by atoms with van der Waals surface area (Å²) in [4.78, 5) is 12.2. The molecule has 0 bridgehead atoms. The van der Waals surface area contributed by atoms with Gasteiger partial charge in [0.1, 0.15) is 6.29 Å². The third kappa shape index (κ3) is 1.23. The number of carbonyl (C=O) groups is 1. The fourth-order valence-electron chi connectivity index (χ4n) is 0.718. The molecular formula is C5H9NOS. The van der Waals surface area contributed by atoms with Gasteiger partial charge in [-0.15, -0.1) is 11.8 Å². The summed E-state index contributed by atoms with van der Waals surface area (Å²) >= 11 is 1.71. The summed E-state index contributed by atoms with van der Waals surface area (Å²) in [7, 11) is 2.02. The molecule has 1 heterocycles. The monoisotopic (exact) mass is 131 g/mol. The third-order valence-corrected chi connectivity index (χ3v) is 2.43. The van der Waals surface area contributed by atoms with Crippen LogP contribution >= 0.6 is 11.8 Å². The van der Waals surface area contributed by atoms with E-state index in [1.54, 1.807) is 11.8 Å². The summed E-state index contributed by atoms with van der Waals surface area (Å²) in [5.41, 5.74) is 0. The molecule has 1 aliphatic heterocycles. The first-order valence-corrected chi connectivity index (χ1v) is 3.63. The SMILES string of the molecule is CN1CSC(C=O)C1. The lowest BCUT2D eigenvalue weighted by molar-refractivity contribution is -0.107. The van der Waals surface area contributed by atoms with Crippen molar-refractivity contribution >= 4 is 18.0 Å². The van der Waals surface area contributed by atoms with E-state index in [0.29, 0.717) is 0 Å². The Morgan fingerprint density at radius 2 is 2.62 bits per heavy atom. The molecule has 0 spiro atoms. The summed E-state index contributed by atoms with van der Waals surface area (Å²) < 4.78 is 0. The minimum Gasteiger partial charge on any atom is -0.302 e. The first kappa shape index (κ1) is 6.11. The largest absolute Gasteiger partial charge is 0.302 e. The molecule has 0 radical (unpaired) electrons. The van der Waals surface area contributed by atoms with Gasteiger partial charge in [0, 0.05) is 12.4 Å². The first-order valence-electron chi connectivity index (χ1n) is 2.58. The number of carbonyl (C=O) groups excluding carboxylic acids is 1. The molecular weight excluding hydrogens is 122 g/mol. The van der Waals surface area contributed by atoms with E-state index in [0.717, 1.165) is 18.7 Å². The molecule has 8 heavy (non-hydrogen) atoms. The van der Waals surface area contributed by atoms with Crippen molar-refractivity contribution in [1.29, 1.82) is 0 Å². The van der Waals surface area contributed by atoms with Gasteiger partial charge < -0.3 is 4.79 Å². The molecule has 46 valence electrons. The Kier molecular flexibility index (Phi) is 1.91. The van der Waals surface area contributed by atoms with E-state index < -0.39 is 0 Å². The highest BCUT2D eigenvalue weighted by Gasteiger charge is 2.18. The Morgan fingerprint density at radius 1 is 1.88 bits per heavy atom. The van der Waals surface area contributed by atoms with Gasteiger partial charge in [0.25, 0.3) is 0 Å². The van der Waals surface area contributed by atoms with Gasteiger partial charge in [-0.2, -0.15) is 0 Å². The summed E-state index contributed by atoms with van der Waals surface area (Å²) in [5, 5.41) is 0.236. The predicted molar refractivity (Wildman–Crippen MR) is 34.9 cm³/mol. The van der Waals surface area contributed by atoms with E-state index in [9.17, 15) is 4.79 Å². The molecule has 1 atom stereocenters. The van der Waals surface area contributed by atoms with Gasteiger partial charge in [0.15, 0.2) is 0 Å². The van der Waals surface area contributed by atoms with Crippen LogP contribution in [-0.4, -0.2) is 35.9 Å². The highest BCUT2D eigenvalue weighted by atomic mass is 32.2. The van der Waals surface area contributed by atoms with Crippen LogP contribution in [0.25, 0.3) is 0 Å². The first-order chi connectivity index (χ1) is 3.83. The van der Waals surface area contributed by atoms with Crippen molar-refractivity contribution in [3.8, 4) is 0 Å². The molecule has 0 aromatic rings. The summed E-state index contributed by atoms with van der Waals surface area (Å²) in [6.45, 7) is 0.925. The Bertz CT molecular complexity index is 96.4. The number of nitrogens with zero attached hydrogens (tertiary/aromatic N) is 1. The maximum Gasteiger partial charge on any atom is 0.134 e. The summed E-state index contributed by atoms with van der Waals surface area (Å²) in [6, 6.07) is 0. The second-order valence-corrected chi connectivity index (χ2v) is 3.21. The van der Waals surface area contributed by atoms with Crippen molar-refractivity contribution in [2.24, 2.45) is 0 Å². The standard InChI is InChI=1S/C5H9NOS/c1-6-2-5(3-7)8-4-6/h3,5H,2,4H2,1H3. The van der Waals surface area contributed by atoms with E-state index >= 15 is 0 Å². The zero-order valence-electron chi connectivity index (χ0n) is 4.83. The van der Waals surface area contributed by atoms with Crippen LogP contribution in [0.15, 0.2) is 0 Å². The number of rotatable bonds is 1. The Balaban J connectivity index is 2.32. The molecule has 1 saturated heterocycles. The van der Waals surface area contributed by atoms with Crippen LogP contribution in [-0.2, 0) is 4.79 Å². The molecule has 0 aliphatic carbocycles. The molecule has 0 N–H and O–H groups in total. The van der Waals surface area contributed by atoms with Crippen molar-refractivity contribution in [2.75, 3.05) is 19.5 Å². The quantitative estimate of drug-likeness (QED) is 0.474. The molecule has 0 aromatic carbocycles. The topological polar surface area (TPSA) is 20.3 Å². The fraction of sp³-hybridized carbons (Fsp3) is 0.800. The van der Waals surface area contributed by atoms with Crippen molar-refractivity contribution in [1.82, 2.24) is 4.90 Å². The Hall–Kier alpha value is -0.0200. The molecule has 1 aliphatic rings. The highest BCUT2D eigenvalue weighted by molar-refractivity contribution is 8.00. The number of thioether (sulfide) groups is 1. The smallest absolute Gasteiger partial charge is 0.134 e. The van der Waals surface area contributed by atoms with E-state index in [1.807, 2.05) is 7.05 Å². The lowest BCUT2D eigenvalue weighted by atomic mass is 10.4. The minimum atomic E-state index is 0.236. The van der Waals surface area contributed by atoms with Crippen LogP contribution in [0, 0.1) is 0 Å². The lowest BCUT2D eigenvalue weighted by Gasteiger charge is -2.01.